The molecule has 1 aromatic rings. The Bertz CT molecular complexity index is 238. The number of rotatable bonds is 1. The summed E-state index contributed by atoms with van der Waals surface area (Å²) in [5.74, 6) is 0. The number of aliphatic imine (C=N–C) groups is 1. The third-order valence-corrected chi connectivity index (χ3v) is 1.28. The van der Waals surface area contributed by atoms with Crippen LogP contribution >= 0.6 is 0 Å². The Balaban J connectivity index is 2.40. The third kappa shape index (κ3) is 0.830. The molecule has 0 fully saturated rings. The van der Waals surface area contributed by atoms with Crippen LogP contribution in [0.2, 0.25) is 0 Å². The van der Waals surface area contributed by atoms with Crippen LogP contribution in [0.4, 0.5) is 0 Å². The van der Waals surface area contributed by atoms with Crippen LogP contribution in [0.5, 0.6) is 0 Å². The van der Waals surface area contributed by atoms with E-state index in [1.807, 2.05) is 18.2 Å². The van der Waals surface area contributed by atoms with E-state index in [-0.39, 0.29) is 0 Å². The standard InChI is InChI=1S/C7H6N2/c1-2-4-8-6(3-1)7-5-9-7/h1-4H,5H2. The Morgan fingerprint density at radius 3 is 2.78 bits per heavy atom. The lowest BCUT2D eigenvalue weighted by molar-refractivity contribution is 1.30. The molecule has 0 N–H and O–H groups in total. The summed E-state index contributed by atoms with van der Waals surface area (Å²) in [5, 5.41) is 0. The molecule has 2 heteroatoms. The summed E-state index contributed by atoms with van der Waals surface area (Å²) in [4.78, 5) is 8.14. The molecule has 0 amide bonds. The molecule has 1 aliphatic heterocycles. The highest BCUT2D eigenvalue weighted by Gasteiger charge is 2.11. The molecule has 0 radical (unpaired) electrons. The highest BCUT2D eigenvalue weighted by molar-refractivity contribution is 6.08. The van der Waals surface area contributed by atoms with E-state index in [4.69, 9.17) is 0 Å². The SMILES string of the molecule is c1ccc(C2=NC2)nc1. The van der Waals surface area contributed by atoms with Gasteiger partial charge in [0.1, 0.15) is 0 Å². The third-order valence-electron chi connectivity index (χ3n) is 1.28. The lowest BCUT2D eigenvalue weighted by Gasteiger charge is -1.85. The second-order valence-electron chi connectivity index (χ2n) is 1.98. The Kier molecular flexibility index (Phi) is 0.859. The summed E-state index contributed by atoms with van der Waals surface area (Å²) in [6.07, 6.45) is 1.79. The van der Waals surface area contributed by atoms with E-state index in [1.54, 1.807) is 6.20 Å². The van der Waals surface area contributed by atoms with Gasteiger partial charge in [0.05, 0.1) is 18.0 Å². The molecule has 2 rings (SSSR count). The zero-order chi connectivity index (χ0) is 6.10. The molecule has 0 spiro atoms. The predicted molar refractivity (Wildman–Crippen MR) is 35.6 cm³/mol. The van der Waals surface area contributed by atoms with E-state index in [0.717, 1.165) is 18.0 Å². The normalized spacial score (nSPS) is 14.9. The average Bonchev–Trinajstić information content (AvgIpc) is 2.71. The van der Waals surface area contributed by atoms with E-state index >= 15 is 0 Å². The Morgan fingerprint density at radius 1 is 1.33 bits per heavy atom. The van der Waals surface area contributed by atoms with Crippen molar-refractivity contribution in [2.24, 2.45) is 4.99 Å². The molecule has 44 valence electrons. The van der Waals surface area contributed by atoms with Gasteiger partial charge in [0, 0.05) is 6.20 Å². The van der Waals surface area contributed by atoms with Gasteiger partial charge in [0.15, 0.2) is 0 Å². The molecule has 1 aliphatic rings. The molecule has 0 aliphatic carbocycles. The highest BCUT2D eigenvalue weighted by Crippen LogP contribution is 2.05. The molecule has 9 heavy (non-hydrogen) atoms. The molecule has 0 saturated carbocycles. The minimum Gasteiger partial charge on any atom is -0.279 e. The van der Waals surface area contributed by atoms with Gasteiger partial charge < -0.3 is 0 Å². The molecule has 0 bridgehead atoms. The molecule has 0 unspecified atom stereocenters. The second kappa shape index (κ2) is 1.65. The molecule has 1 aromatic heterocycles. The largest absolute Gasteiger partial charge is 0.279 e. The van der Waals surface area contributed by atoms with Crippen molar-refractivity contribution in [3.05, 3.63) is 30.1 Å². The Morgan fingerprint density at radius 2 is 2.22 bits per heavy atom. The molecule has 0 aromatic carbocycles. The molecule has 2 heterocycles. The maximum absolute atomic E-state index is 4.11. The van der Waals surface area contributed by atoms with Crippen LogP contribution in [0.15, 0.2) is 29.4 Å². The Labute approximate surface area is 53.3 Å². The number of hydrogen-bond donors (Lipinski definition) is 0. The van der Waals surface area contributed by atoms with Crippen LogP contribution in [0.25, 0.3) is 0 Å². The summed E-state index contributed by atoms with van der Waals surface area (Å²) >= 11 is 0. The lowest BCUT2D eigenvalue weighted by Crippen LogP contribution is -1.89. The van der Waals surface area contributed by atoms with E-state index in [2.05, 4.69) is 9.98 Å². The first-order valence-corrected chi connectivity index (χ1v) is 2.91. The van der Waals surface area contributed by atoms with Gasteiger partial charge >= 0.3 is 0 Å². The number of nitrogens with zero attached hydrogens (tertiary/aromatic N) is 2. The quantitative estimate of drug-likeness (QED) is 0.537. The van der Waals surface area contributed by atoms with Gasteiger partial charge in [-0.2, -0.15) is 0 Å². The summed E-state index contributed by atoms with van der Waals surface area (Å²) in [7, 11) is 0. The van der Waals surface area contributed by atoms with Crippen LogP contribution in [0.1, 0.15) is 5.69 Å². The second-order valence-corrected chi connectivity index (χ2v) is 1.98. The highest BCUT2D eigenvalue weighted by atomic mass is 14.9. The van der Waals surface area contributed by atoms with Crippen molar-refractivity contribution < 1.29 is 0 Å². The van der Waals surface area contributed by atoms with Gasteiger partial charge in [-0.25, -0.2) is 0 Å². The maximum atomic E-state index is 4.11. The number of pyridine rings is 1. The summed E-state index contributed by atoms with van der Waals surface area (Å²) in [5.41, 5.74) is 2.16. The molecule has 0 atom stereocenters. The number of hydrogen-bond acceptors (Lipinski definition) is 2. The first kappa shape index (κ1) is 4.68. The van der Waals surface area contributed by atoms with Crippen molar-refractivity contribution in [1.82, 2.24) is 4.98 Å². The van der Waals surface area contributed by atoms with Crippen LogP contribution in [-0.2, 0) is 0 Å². The number of aromatic nitrogens is 1. The molecular weight excluding hydrogens is 112 g/mol. The van der Waals surface area contributed by atoms with Crippen molar-refractivity contribution in [3.8, 4) is 0 Å². The van der Waals surface area contributed by atoms with E-state index in [1.165, 1.54) is 0 Å². The van der Waals surface area contributed by atoms with Gasteiger partial charge in [0.25, 0.3) is 0 Å². The monoisotopic (exact) mass is 118 g/mol. The zero-order valence-corrected chi connectivity index (χ0v) is 4.91. The summed E-state index contributed by atoms with van der Waals surface area (Å²) in [6.45, 7) is 0.886. The fourth-order valence-electron chi connectivity index (χ4n) is 0.735. The van der Waals surface area contributed by atoms with Crippen molar-refractivity contribution in [2.45, 2.75) is 0 Å². The van der Waals surface area contributed by atoms with Crippen LogP contribution in [0.3, 0.4) is 0 Å². The van der Waals surface area contributed by atoms with Crippen molar-refractivity contribution in [2.75, 3.05) is 6.54 Å². The summed E-state index contributed by atoms with van der Waals surface area (Å²) < 4.78 is 0. The molecule has 0 saturated heterocycles. The van der Waals surface area contributed by atoms with Gasteiger partial charge in [-0.3, -0.25) is 9.98 Å². The van der Waals surface area contributed by atoms with Gasteiger partial charge in [0.2, 0.25) is 0 Å². The fourth-order valence-corrected chi connectivity index (χ4v) is 0.735. The van der Waals surface area contributed by atoms with Crippen LogP contribution in [-0.4, -0.2) is 17.2 Å². The van der Waals surface area contributed by atoms with Gasteiger partial charge in [-0.05, 0) is 12.1 Å². The van der Waals surface area contributed by atoms with Gasteiger partial charge in [-0.15, -0.1) is 0 Å². The fraction of sp³-hybridized carbons (Fsp3) is 0.143. The average molecular weight is 118 g/mol. The minimum absolute atomic E-state index is 0.886. The molecular formula is C7H6N2. The zero-order valence-electron chi connectivity index (χ0n) is 4.91. The van der Waals surface area contributed by atoms with Crippen molar-refractivity contribution >= 4 is 5.71 Å². The van der Waals surface area contributed by atoms with Crippen LogP contribution in [0, 0.1) is 0 Å². The minimum atomic E-state index is 0.886. The maximum Gasteiger partial charge on any atom is 0.0859 e. The first-order chi connectivity index (χ1) is 4.47. The van der Waals surface area contributed by atoms with E-state index in [0.29, 0.717) is 0 Å². The Hall–Kier alpha value is -1.18. The first-order valence-electron chi connectivity index (χ1n) is 2.91. The van der Waals surface area contributed by atoms with E-state index < -0.39 is 0 Å². The summed E-state index contributed by atoms with van der Waals surface area (Å²) in [6, 6.07) is 5.86. The smallest absolute Gasteiger partial charge is 0.0859 e. The topological polar surface area (TPSA) is 25.2 Å². The predicted octanol–water partition coefficient (Wildman–Crippen LogP) is 0.884. The van der Waals surface area contributed by atoms with E-state index in [9.17, 15) is 0 Å². The van der Waals surface area contributed by atoms with Gasteiger partial charge in [-0.1, -0.05) is 6.07 Å². The molecule has 2 nitrogen and oxygen atoms in total. The van der Waals surface area contributed by atoms with Crippen molar-refractivity contribution in [3.63, 3.8) is 0 Å². The van der Waals surface area contributed by atoms with Crippen molar-refractivity contribution in [1.29, 1.82) is 0 Å². The lowest BCUT2D eigenvalue weighted by atomic mass is 10.3. The van der Waals surface area contributed by atoms with Crippen LogP contribution < -0.4 is 0 Å².